The van der Waals surface area contributed by atoms with Crippen LogP contribution in [0.5, 0.6) is 0 Å². The molecule has 328 valence electrons. The number of hydrogen-bond acceptors (Lipinski definition) is 6. The fourth-order valence-electron chi connectivity index (χ4n) is 7.23. The van der Waals surface area contributed by atoms with Crippen molar-refractivity contribution in [2.75, 3.05) is 13.2 Å². The lowest BCUT2D eigenvalue weighted by Gasteiger charge is -2.18. The van der Waals surface area contributed by atoms with E-state index in [1.807, 2.05) is 0 Å². The van der Waals surface area contributed by atoms with Crippen molar-refractivity contribution in [2.45, 2.75) is 264 Å². The van der Waals surface area contributed by atoms with Crippen molar-refractivity contribution in [3.8, 4) is 0 Å². The fourth-order valence-corrected chi connectivity index (χ4v) is 7.60. The largest absolute Gasteiger partial charge is 0.469 e. The third-order valence-electron chi connectivity index (χ3n) is 11.2. The zero-order valence-corrected chi connectivity index (χ0v) is 37.4. The standard InChI is InChI=1S/C46H91O8P/c1-4-6-7-8-9-10-11-12-17-22-25-28-31-34-37-40-46(48)54-44(42-53-55(49,50)51)41-52-45(47)39-36-33-30-27-24-21-19-16-14-13-15-18-20-23-26-29-32-35-38-43(3)5-2/h43-44H,4-42H2,1-3H3,(H2,49,50,51)/t43?,44-/m1/s1. The van der Waals surface area contributed by atoms with E-state index in [-0.39, 0.29) is 19.4 Å². The van der Waals surface area contributed by atoms with Crippen molar-refractivity contribution in [2.24, 2.45) is 5.92 Å². The molecular weight excluding hydrogens is 711 g/mol. The molecule has 2 atom stereocenters. The maximum Gasteiger partial charge on any atom is 0.469 e. The molecule has 55 heavy (non-hydrogen) atoms. The molecule has 0 amide bonds. The van der Waals surface area contributed by atoms with Crippen LogP contribution in [0.3, 0.4) is 0 Å². The number of ether oxygens (including phenoxy) is 2. The predicted molar refractivity (Wildman–Crippen MR) is 230 cm³/mol. The Morgan fingerprint density at radius 2 is 0.800 bits per heavy atom. The van der Waals surface area contributed by atoms with Gasteiger partial charge in [-0.25, -0.2) is 4.57 Å². The molecule has 0 saturated heterocycles. The lowest BCUT2D eigenvalue weighted by molar-refractivity contribution is -0.161. The normalized spacial score (nSPS) is 12.9. The van der Waals surface area contributed by atoms with E-state index in [2.05, 4.69) is 25.3 Å². The van der Waals surface area contributed by atoms with E-state index in [9.17, 15) is 14.2 Å². The second kappa shape index (κ2) is 41.2. The molecule has 8 nitrogen and oxygen atoms in total. The molecule has 0 aliphatic rings. The summed E-state index contributed by atoms with van der Waals surface area (Å²) < 4.78 is 26.5. The maximum atomic E-state index is 12.4. The lowest BCUT2D eigenvalue weighted by Crippen LogP contribution is -2.29. The summed E-state index contributed by atoms with van der Waals surface area (Å²) in [6, 6.07) is 0. The molecule has 0 rings (SSSR count). The Morgan fingerprint density at radius 1 is 0.473 bits per heavy atom. The van der Waals surface area contributed by atoms with Gasteiger partial charge in [0.1, 0.15) is 6.61 Å². The van der Waals surface area contributed by atoms with Gasteiger partial charge in [0.2, 0.25) is 0 Å². The summed E-state index contributed by atoms with van der Waals surface area (Å²) in [6.45, 7) is 6.12. The quantitative estimate of drug-likeness (QED) is 0.0355. The van der Waals surface area contributed by atoms with Gasteiger partial charge in [-0.15, -0.1) is 0 Å². The smallest absolute Gasteiger partial charge is 0.462 e. The first-order valence-electron chi connectivity index (χ1n) is 23.7. The van der Waals surface area contributed by atoms with E-state index in [1.165, 1.54) is 186 Å². The predicted octanol–water partition coefficient (Wildman–Crippen LogP) is 14.7. The average molecular weight is 803 g/mol. The Hall–Kier alpha value is -0.950. The minimum atomic E-state index is -4.75. The second-order valence-corrected chi connectivity index (χ2v) is 17.9. The number of unbranched alkanes of at least 4 members (excludes halogenated alkanes) is 31. The summed E-state index contributed by atoms with van der Waals surface area (Å²) in [7, 11) is -4.75. The van der Waals surface area contributed by atoms with Crippen LogP contribution in [-0.2, 0) is 28.2 Å². The van der Waals surface area contributed by atoms with Crippen LogP contribution in [0.25, 0.3) is 0 Å². The Bertz CT molecular complexity index is 878. The molecule has 1 unspecified atom stereocenters. The third kappa shape index (κ3) is 44.0. The maximum absolute atomic E-state index is 12.4. The summed E-state index contributed by atoms with van der Waals surface area (Å²) >= 11 is 0. The van der Waals surface area contributed by atoms with Crippen LogP contribution in [0.15, 0.2) is 0 Å². The van der Waals surface area contributed by atoms with E-state index in [0.717, 1.165) is 38.0 Å². The third-order valence-corrected chi connectivity index (χ3v) is 11.7. The number of carbonyl (C=O) groups excluding carboxylic acids is 2. The Kier molecular flexibility index (Phi) is 40.5. The topological polar surface area (TPSA) is 119 Å². The highest BCUT2D eigenvalue weighted by molar-refractivity contribution is 7.46. The first kappa shape index (κ1) is 54.0. The van der Waals surface area contributed by atoms with Gasteiger partial charge in [-0.1, -0.05) is 233 Å². The van der Waals surface area contributed by atoms with Crippen LogP contribution >= 0.6 is 7.82 Å². The number of phosphoric ester groups is 1. The molecule has 0 aromatic carbocycles. The molecule has 0 bridgehead atoms. The molecule has 0 aliphatic heterocycles. The minimum absolute atomic E-state index is 0.220. The molecular formula is C46H91O8P. The van der Waals surface area contributed by atoms with Gasteiger partial charge in [0.15, 0.2) is 6.10 Å². The van der Waals surface area contributed by atoms with Gasteiger partial charge in [0.05, 0.1) is 6.61 Å². The van der Waals surface area contributed by atoms with Crippen molar-refractivity contribution >= 4 is 19.8 Å². The summed E-state index contributed by atoms with van der Waals surface area (Å²) in [6.07, 6.45) is 44.0. The van der Waals surface area contributed by atoms with Crippen LogP contribution in [0.2, 0.25) is 0 Å². The highest BCUT2D eigenvalue weighted by Gasteiger charge is 2.23. The minimum Gasteiger partial charge on any atom is -0.462 e. The van der Waals surface area contributed by atoms with E-state index in [4.69, 9.17) is 19.3 Å². The molecule has 0 heterocycles. The lowest BCUT2D eigenvalue weighted by atomic mass is 9.99. The molecule has 0 aromatic heterocycles. The van der Waals surface area contributed by atoms with Crippen LogP contribution in [0.1, 0.15) is 258 Å². The fraction of sp³-hybridized carbons (Fsp3) is 0.957. The molecule has 0 fully saturated rings. The first-order valence-corrected chi connectivity index (χ1v) is 25.3. The van der Waals surface area contributed by atoms with Gasteiger partial charge < -0.3 is 19.3 Å². The van der Waals surface area contributed by atoms with Crippen LogP contribution in [0.4, 0.5) is 0 Å². The average Bonchev–Trinajstić information content (AvgIpc) is 3.16. The second-order valence-electron chi connectivity index (χ2n) is 16.7. The zero-order chi connectivity index (χ0) is 40.5. The molecule has 9 heteroatoms. The Labute approximate surface area is 340 Å². The van der Waals surface area contributed by atoms with E-state index < -0.39 is 32.5 Å². The summed E-state index contributed by atoms with van der Waals surface area (Å²) in [4.78, 5) is 43.0. The van der Waals surface area contributed by atoms with Gasteiger partial charge in [-0.2, -0.15) is 0 Å². The Morgan fingerprint density at radius 3 is 1.15 bits per heavy atom. The number of hydrogen-bond donors (Lipinski definition) is 2. The number of esters is 2. The van der Waals surface area contributed by atoms with Gasteiger partial charge in [-0.3, -0.25) is 14.1 Å². The SMILES string of the molecule is CCCCCCCCCCCCCCCCCC(=O)O[C@H](COC(=O)CCCCCCCCCCCCCCCCCCCCC(C)CC)COP(=O)(O)O. The Balaban J connectivity index is 3.78. The first-order chi connectivity index (χ1) is 26.7. The highest BCUT2D eigenvalue weighted by Crippen LogP contribution is 2.36. The van der Waals surface area contributed by atoms with Crippen molar-refractivity contribution in [3.63, 3.8) is 0 Å². The molecule has 2 N–H and O–H groups in total. The number of phosphoric acid groups is 1. The molecule has 0 aromatic rings. The summed E-state index contributed by atoms with van der Waals surface area (Å²) in [5, 5.41) is 0. The van der Waals surface area contributed by atoms with Gasteiger partial charge in [0.25, 0.3) is 0 Å². The number of carbonyl (C=O) groups is 2. The van der Waals surface area contributed by atoms with Crippen molar-refractivity contribution < 1.29 is 37.9 Å². The summed E-state index contributed by atoms with van der Waals surface area (Å²) in [5.41, 5.74) is 0. The van der Waals surface area contributed by atoms with E-state index in [0.29, 0.717) is 6.42 Å². The van der Waals surface area contributed by atoms with Gasteiger partial charge in [0, 0.05) is 12.8 Å². The van der Waals surface area contributed by atoms with E-state index in [1.54, 1.807) is 0 Å². The van der Waals surface area contributed by atoms with Gasteiger partial charge >= 0.3 is 19.8 Å². The zero-order valence-electron chi connectivity index (χ0n) is 36.5. The van der Waals surface area contributed by atoms with Crippen LogP contribution < -0.4 is 0 Å². The highest BCUT2D eigenvalue weighted by atomic mass is 31.2. The van der Waals surface area contributed by atoms with Crippen LogP contribution in [-0.4, -0.2) is 41.0 Å². The molecule has 0 aliphatic carbocycles. The van der Waals surface area contributed by atoms with Crippen molar-refractivity contribution in [1.29, 1.82) is 0 Å². The van der Waals surface area contributed by atoms with E-state index >= 15 is 0 Å². The number of rotatable bonds is 44. The molecule has 0 spiro atoms. The van der Waals surface area contributed by atoms with Crippen molar-refractivity contribution in [1.82, 2.24) is 0 Å². The van der Waals surface area contributed by atoms with Crippen molar-refractivity contribution in [3.05, 3.63) is 0 Å². The monoisotopic (exact) mass is 803 g/mol. The molecule has 0 saturated carbocycles. The summed E-state index contributed by atoms with van der Waals surface area (Å²) in [5.74, 6) is 0.0370. The molecule has 0 radical (unpaired) electrons. The van der Waals surface area contributed by atoms with Crippen LogP contribution in [0, 0.1) is 5.92 Å². The van der Waals surface area contributed by atoms with Gasteiger partial charge in [-0.05, 0) is 18.8 Å².